The van der Waals surface area contributed by atoms with E-state index in [2.05, 4.69) is 16.0 Å². The quantitative estimate of drug-likeness (QED) is 0.211. The first-order valence-corrected chi connectivity index (χ1v) is 9.96. The average molecular weight is 431 g/mol. The fourth-order valence-corrected chi connectivity index (χ4v) is 2.54. The molecular weight excluding hydrogens is 396 g/mol. The number of carboxylic acids is 2. The number of nitrogens with two attached hydrogens (primary N) is 1. The van der Waals surface area contributed by atoms with Crippen molar-refractivity contribution in [2.24, 2.45) is 17.6 Å². The summed E-state index contributed by atoms with van der Waals surface area (Å²) in [4.78, 5) is 58.8. The second-order valence-corrected chi connectivity index (χ2v) is 7.71. The molecule has 30 heavy (non-hydrogen) atoms. The number of carboxylic acid groups (broad SMARTS) is 2. The van der Waals surface area contributed by atoms with E-state index in [1.807, 2.05) is 6.92 Å². The van der Waals surface area contributed by atoms with Gasteiger partial charge in [0.25, 0.3) is 0 Å². The number of carbonyl (C=O) groups excluding carboxylic acids is 3. The highest BCUT2D eigenvalue weighted by Crippen LogP contribution is 2.07. The minimum Gasteiger partial charge on any atom is -0.481 e. The van der Waals surface area contributed by atoms with Crippen LogP contribution in [0, 0.1) is 11.8 Å². The number of carbonyl (C=O) groups is 5. The van der Waals surface area contributed by atoms with E-state index < -0.39 is 60.8 Å². The fourth-order valence-electron chi connectivity index (χ4n) is 2.54. The highest BCUT2D eigenvalue weighted by molar-refractivity contribution is 5.92. The number of hydrogen-bond donors (Lipinski definition) is 6. The Bertz CT molecular complexity index is 624. The summed E-state index contributed by atoms with van der Waals surface area (Å²) < 4.78 is 0. The van der Waals surface area contributed by atoms with E-state index in [-0.39, 0.29) is 24.7 Å². The first-order chi connectivity index (χ1) is 13.9. The highest BCUT2D eigenvalue weighted by Gasteiger charge is 2.28. The van der Waals surface area contributed by atoms with Gasteiger partial charge in [-0.1, -0.05) is 34.1 Å². The van der Waals surface area contributed by atoms with Gasteiger partial charge in [-0.3, -0.25) is 19.2 Å². The number of aliphatic carboxylic acids is 2. The maximum atomic E-state index is 12.5. The summed E-state index contributed by atoms with van der Waals surface area (Å²) in [5.41, 5.74) is 5.78. The van der Waals surface area contributed by atoms with E-state index in [0.717, 1.165) is 0 Å². The molecule has 7 N–H and O–H groups in total. The molecule has 0 aromatic carbocycles. The Labute approximate surface area is 176 Å². The molecule has 0 radical (unpaired) electrons. The lowest BCUT2D eigenvalue weighted by atomic mass is 9.99. The van der Waals surface area contributed by atoms with Crippen LogP contribution in [-0.4, -0.2) is 64.5 Å². The summed E-state index contributed by atoms with van der Waals surface area (Å²) >= 11 is 0. The van der Waals surface area contributed by atoms with Crippen LogP contribution in [0.1, 0.15) is 53.4 Å². The van der Waals surface area contributed by atoms with Crippen LogP contribution in [0.4, 0.5) is 0 Å². The smallest absolute Gasteiger partial charge is 0.326 e. The third-order valence-electron chi connectivity index (χ3n) is 4.60. The van der Waals surface area contributed by atoms with Crippen LogP contribution in [0.2, 0.25) is 0 Å². The van der Waals surface area contributed by atoms with Gasteiger partial charge >= 0.3 is 11.9 Å². The Kier molecular flexibility index (Phi) is 12.3. The molecule has 0 saturated carbocycles. The molecular formula is C19H34N4O7. The minimum absolute atomic E-state index is 0.0107. The fraction of sp³-hybridized carbons (Fsp3) is 0.737. The molecule has 0 aliphatic rings. The number of hydrogen-bond acceptors (Lipinski definition) is 6. The molecule has 172 valence electrons. The van der Waals surface area contributed by atoms with E-state index >= 15 is 0 Å². The molecule has 11 heteroatoms. The Morgan fingerprint density at radius 1 is 0.933 bits per heavy atom. The predicted octanol–water partition coefficient (Wildman–Crippen LogP) is -0.559. The summed E-state index contributed by atoms with van der Waals surface area (Å²) in [7, 11) is 0. The van der Waals surface area contributed by atoms with Crippen molar-refractivity contribution in [3.8, 4) is 0 Å². The predicted molar refractivity (Wildman–Crippen MR) is 108 cm³/mol. The summed E-state index contributed by atoms with van der Waals surface area (Å²) in [6, 6.07) is -3.22. The van der Waals surface area contributed by atoms with Crippen molar-refractivity contribution in [1.29, 1.82) is 0 Å². The molecule has 0 aliphatic heterocycles. The van der Waals surface area contributed by atoms with Gasteiger partial charge in [0.05, 0.1) is 12.6 Å². The minimum atomic E-state index is -1.26. The molecule has 11 nitrogen and oxygen atoms in total. The summed E-state index contributed by atoms with van der Waals surface area (Å²) in [5, 5.41) is 25.2. The highest BCUT2D eigenvalue weighted by atomic mass is 16.4. The summed E-state index contributed by atoms with van der Waals surface area (Å²) in [6.07, 6.45) is 0.205. The molecule has 0 spiro atoms. The summed E-state index contributed by atoms with van der Waals surface area (Å²) in [6.45, 7) is 6.80. The average Bonchev–Trinajstić information content (AvgIpc) is 2.66. The van der Waals surface area contributed by atoms with Crippen LogP contribution in [0.25, 0.3) is 0 Å². The monoisotopic (exact) mass is 430 g/mol. The van der Waals surface area contributed by atoms with Crippen molar-refractivity contribution in [1.82, 2.24) is 16.0 Å². The molecule has 4 unspecified atom stereocenters. The van der Waals surface area contributed by atoms with Crippen molar-refractivity contribution in [3.05, 3.63) is 0 Å². The van der Waals surface area contributed by atoms with Gasteiger partial charge in [-0.2, -0.15) is 0 Å². The second kappa shape index (κ2) is 13.5. The molecule has 0 aromatic rings. The van der Waals surface area contributed by atoms with Crippen molar-refractivity contribution in [2.75, 3.05) is 6.54 Å². The Morgan fingerprint density at radius 3 is 2.00 bits per heavy atom. The SMILES string of the molecule is CCC(C)C(N)C(=O)NCC(=O)NC(CCC(=O)O)C(=O)NC(CC(C)C)C(=O)O. The van der Waals surface area contributed by atoms with Crippen LogP contribution in [0.15, 0.2) is 0 Å². The van der Waals surface area contributed by atoms with Gasteiger partial charge < -0.3 is 31.9 Å². The van der Waals surface area contributed by atoms with Crippen LogP contribution >= 0.6 is 0 Å². The molecule has 0 fully saturated rings. The van der Waals surface area contributed by atoms with Crippen LogP contribution in [-0.2, 0) is 24.0 Å². The zero-order valence-corrected chi connectivity index (χ0v) is 17.9. The van der Waals surface area contributed by atoms with Gasteiger partial charge in [-0.25, -0.2) is 4.79 Å². The molecule has 4 atom stereocenters. The zero-order chi connectivity index (χ0) is 23.4. The first-order valence-electron chi connectivity index (χ1n) is 9.96. The van der Waals surface area contributed by atoms with E-state index in [1.54, 1.807) is 20.8 Å². The van der Waals surface area contributed by atoms with Crippen LogP contribution in [0.3, 0.4) is 0 Å². The van der Waals surface area contributed by atoms with Crippen LogP contribution in [0.5, 0.6) is 0 Å². The lowest BCUT2D eigenvalue weighted by molar-refractivity contribution is -0.143. The first kappa shape index (κ1) is 27.3. The lowest BCUT2D eigenvalue weighted by Gasteiger charge is -2.22. The van der Waals surface area contributed by atoms with E-state index in [9.17, 15) is 29.1 Å². The van der Waals surface area contributed by atoms with Crippen molar-refractivity contribution in [2.45, 2.75) is 71.5 Å². The van der Waals surface area contributed by atoms with Gasteiger partial charge in [0.1, 0.15) is 12.1 Å². The molecule has 0 aliphatic carbocycles. The third kappa shape index (κ3) is 10.7. The van der Waals surface area contributed by atoms with Gasteiger partial charge in [0, 0.05) is 6.42 Å². The number of rotatable bonds is 14. The van der Waals surface area contributed by atoms with E-state index in [4.69, 9.17) is 10.8 Å². The van der Waals surface area contributed by atoms with Gasteiger partial charge in [-0.15, -0.1) is 0 Å². The van der Waals surface area contributed by atoms with Crippen molar-refractivity contribution >= 4 is 29.7 Å². The zero-order valence-electron chi connectivity index (χ0n) is 17.9. The Hall–Kier alpha value is -2.69. The molecule has 0 rings (SSSR count). The normalized spacial score (nSPS) is 14.9. The van der Waals surface area contributed by atoms with E-state index in [0.29, 0.717) is 6.42 Å². The van der Waals surface area contributed by atoms with Gasteiger partial charge in [0.2, 0.25) is 17.7 Å². The standard InChI is InChI=1S/C19H34N4O7/c1-5-11(4)16(20)18(28)21-9-14(24)22-12(6-7-15(25)26)17(27)23-13(19(29)30)8-10(2)3/h10-13,16H,5-9,20H2,1-4H3,(H,21,28)(H,22,24)(H,23,27)(H,25,26)(H,29,30). The van der Waals surface area contributed by atoms with Gasteiger partial charge in [-0.05, 0) is 24.7 Å². The lowest BCUT2D eigenvalue weighted by Crippen LogP contribution is -2.54. The third-order valence-corrected chi connectivity index (χ3v) is 4.60. The van der Waals surface area contributed by atoms with Gasteiger partial charge in [0.15, 0.2) is 0 Å². The van der Waals surface area contributed by atoms with Crippen molar-refractivity contribution < 1.29 is 34.2 Å². The number of amides is 3. The topological polar surface area (TPSA) is 188 Å². The maximum Gasteiger partial charge on any atom is 0.326 e. The summed E-state index contributed by atoms with van der Waals surface area (Å²) in [5.74, 6) is -4.55. The molecule has 3 amide bonds. The molecule has 0 heterocycles. The molecule has 0 saturated heterocycles. The second-order valence-electron chi connectivity index (χ2n) is 7.71. The van der Waals surface area contributed by atoms with E-state index in [1.165, 1.54) is 0 Å². The largest absolute Gasteiger partial charge is 0.481 e. The Balaban J connectivity index is 5.00. The van der Waals surface area contributed by atoms with Crippen LogP contribution < -0.4 is 21.7 Å². The maximum absolute atomic E-state index is 12.5. The Morgan fingerprint density at radius 2 is 1.53 bits per heavy atom. The number of nitrogens with one attached hydrogen (secondary N) is 3. The van der Waals surface area contributed by atoms with Crippen molar-refractivity contribution in [3.63, 3.8) is 0 Å². The molecule has 0 aromatic heterocycles. The molecule has 0 bridgehead atoms.